The number of carbonyl (C=O) groups is 2. The molecule has 1 atom stereocenters. The molecule has 8 nitrogen and oxygen atoms in total. The summed E-state index contributed by atoms with van der Waals surface area (Å²) < 4.78 is 0. The number of hydrogen-bond acceptors (Lipinski definition) is 5. The topological polar surface area (TPSA) is 129 Å². The fourth-order valence-electron chi connectivity index (χ4n) is 5.87. The number of allylic oxidation sites excluding steroid dienone is 4. The predicted octanol–water partition coefficient (Wildman–Crippen LogP) is 6.96. The molecule has 230 valence electrons. The van der Waals surface area contributed by atoms with Crippen LogP contribution in [-0.4, -0.2) is 32.1 Å². The summed E-state index contributed by atoms with van der Waals surface area (Å²) in [6, 6.07) is 7.66. The van der Waals surface area contributed by atoms with Crippen LogP contribution in [-0.2, 0) is 33.1 Å². The van der Waals surface area contributed by atoms with Crippen molar-refractivity contribution in [2.45, 2.75) is 65.0 Å². The molecule has 10 heteroatoms. The average Bonchev–Trinajstić information content (AvgIpc) is 3.59. The number of fused-ring (bicyclic) bond motifs is 8. The summed E-state index contributed by atoms with van der Waals surface area (Å²) in [4.78, 5) is 42.9. The number of carboxylic acids is 2. The number of thiol groups is 1. The first-order valence-electron chi connectivity index (χ1n) is 14.2. The van der Waals surface area contributed by atoms with E-state index in [2.05, 4.69) is 26.5 Å². The minimum Gasteiger partial charge on any atom is -0.657 e. The Morgan fingerprint density at radius 1 is 0.773 bits per heavy atom. The zero-order chi connectivity index (χ0) is 31.2. The molecule has 5 heterocycles. The van der Waals surface area contributed by atoms with Crippen LogP contribution in [0, 0.1) is 27.7 Å². The minimum atomic E-state index is -0.902. The number of rotatable bonds is 8. The third-order valence-corrected chi connectivity index (χ3v) is 8.58. The summed E-state index contributed by atoms with van der Waals surface area (Å²) in [5.74, 6) is -1.80. The summed E-state index contributed by atoms with van der Waals surface area (Å²) >= 11 is 4.67. The molecule has 0 saturated heterocycles. The first kappa shape index (κ1) is 33.3. The van der Waals surface area contributed by atoms with E-state index >= 15 is 0 Å². The van der Waals surface area contributed by atoms with Gasteiger partial charge in [-0.15, -0.1) is 27.3 Å². The van der Waals surface area contributed by atoms with E-state index in [1.807, 2.05) is 52.0 Å². The van der Waals surface area contributed by atoms with Crippen molar-refractivity contribution in [3.8, 4) is 0 Å². The molecule has 3 aromatic rings. The smallest absolute Gasteiger partial charge is 0.657 e. The Morgan fingerprint density at radius 2 is 1.25 bits per heavy atom. The quantitative estimate of drug-likeness (QED) is 0.136. The second-order valence-electron chi connectivity index (χ2n) is 11.0. The molecule has 2 N–H and O–H groups in total. The maximum absolute atomic E-state index is 11.5. The number of hydrogen-bond donors (Lipinski definition) is 3. The maximum atomic E-state index is 11.5. The van der Waals surface area contributed by atoms with Gasteiger partial charge in [0.15, 0.2) is 0 Å². The standard InChI is InChI=1S/C34H36N4O4S.Fe/c1-7-21-16(2)24-12-25-17(3)22(8-10-32(39)40)29(36-25)15-30-23(9-11-33(41)42)18(4)26(37-30)14-31-34(20(6)43)19(5)27(38-31)13-28(21)35-24;/h12-15,20H,1,6-11H2,2-5H3,(H5,35,36,37,38,39,40,41,42,43);/q-2;+2/p-2/t20-;/m0./s1. The molecule has 0 aromatic carbocycles. The van der Waals surface area contributed by atoms with Crippen LogP contribution in [0.15, 0.2) is 24.3 Å². The molecule has 2 aliphatic rings. The molecular formula is C34H34FeN4O4S-2. The van der Waals surface area contributed by atoms with Gasteiger partial charge in [0.1, 0.15) is 0 Å². The Hall–Kier alpha value is -3.59. The van der Waals surface area contributed by atoms with Gasteiger partial charge in [0.25, 0.3) is 0 Å². The van der Waals surface area contributed by atoms with Crippen LogP contribution in [0.4, 0.5) is 0 Å². The molecule has 0 fully saturated rings. The molecule has 8 bridgehead atoms. The van der Waals surface area contributed by atoms with Crippen molar-refractivity contribution in [1.29, 1.82) is 0 Å². The van der Waals surface area contributed by atoms with E-state index in [1.54, 1.807) is 0 Å². The van der Waals surface area contributed by atoms with Gasteiger partial charge in [-0.3, -0.25) is 9.59 Å². The zero-order valence-electron chi connectivity index (χ0n) is 25.1. The summed E-state index contributed by atoms with van der Waals surface area (Å²) in [7, 11) is 0. The van der Waals surface area contributed by atoms with Crippen LogP contribution in [0.3, 0.4) is 0 Å². The molecule has 0 amide bonds. The van der Waals surface area contributed by atoms with Crippen LogP contribution in [0.2, 0.25) is 0 Å². The third-order valence-electron chi connectivity index (χ3n) is 8.32. The SMILES string of the molecule is [CH2-]CC1=C(C)c2cc3[n-]c(cc4nc(cc5[n-]c(cc1n2)c(C)c5[C@H]([CH2-])S)C(C)=C4CCC(=O)O)c(CCC(=O)O)c3C.[Fe+2]. The Balaban J connectivity index is 0.00000442. The molecule has 5 rings (SSSR count). The van der Waals surface area contributed by atoms with Gasteiger partial charge < -0.3 is 34.0 Å². The van der Waals surface area contributed by atoms with Crippen molar-refractivity contribution in [3.63, 3.8) is 0 Å². The van der Waals surface area contributed by atoms with Gasteiger partial charge in [0, 0.05) is 12.8 Å². The minimum absolute atomic E-state index is 0. The molecule has 3 aromatic heterocycles. The van der Waals surface area contributed by atoms with Crippen molar-refractivity contribution in [2.75, 3.05) is 0 Å². The van der Waals surface area contributed by atoms with Crippen molar-refractivity contribution in [1.82, 2.24) is 19.9 Å². The molecule has 0 saturated carbocycles. The van der Waals surface area contributed by atoms with Crippen LogP contribution >= 0.6 is 12.6 Å². The summed E-state index contributed by atoms with van der Waals surface area (Å²) in [5, 5.41) is 18.6. The number of aliphatic carboxylic acids is 2. The van der Waals surface area contributed by atoms with Crippen LogP contribution < -0.4 is 9.97 Å². The molecule has 0 spiro atoms. The Labute approximate surface area is 273 Å². The van der Waals surface area contributed by atoms with Gasteiger partial charge in [-0.1, -0.05) is 46.5 Å². The summed E-state index contributed by atoms with van der Waals surface area (Å²) in [6.07, 6.45) is 1.02. The van der Waals surface area contributed by atoms with E-state index in [1.165, 1.54) is 0 Å². The van der Waals surface area contributed by atoms with Crippen LogP contribution in [0.5, 0.6) is 0 Å². The van der Waals surface area contributed by atoms with Gasteiger partial charge in [0.2, 0.25) is 0 Å². The molecule has 0 radical (unpaired) electrons. The van der Waals surface area contributed by atoms with Crippen molar-refractivity contribution in [2.24, 2.45) is 0 Å². The number of aromatic nitrogens is 4. The summed E-state index contributed by atoms with van der Waals surface area (Å²) in [6.45, 7) is 16.2. The average molecular weight is 651 g/mol. The normalized spacial score (nSPS) is 13.7. The molecule has 0 aliphatic carbocycles. The second-order valence-corrected chi connectivity index (χ2v) is 11.6. The number of nitrogens with zero attached hydrogens (tertiary/aromatic N) is 4. The van der Waals surface area contributed by atoms with Crippen molar-refractivity contribution in [3.05, 3.63) is 83.1 Å². The maximum Gasteiger partial charge on any atom is 2.00 e. The van der Waals surface area contributed by atoms with Gasteiger partial charge in [-0.05, 0) is 62.8 Å². The predicted molar refractivity (Wildman–Crippen MR) is 173 cm³/mol. The monoisotopic (exact) mass is 650 g/mol. The Kier molecular flexibility index (Phi) is 9.98. The Morgan fingerprint density at radius 3 is 1.84 bits per heavy atom. The van der Waals surface area contributed by atoms with E-state index in [0.29, 0.717) is 40.8 Å². The molecule has 0 unspecified atom stereocenters. The molecular weight excluding hydrogens is 616 g/mol. The third kappa shape index (κ3) is 6.29. The van der Waals surface area contributed by atoms with E-state index < -0.39 is 11.9 Å². The largest absolute Gasteiger partial charge is 2.00 e. The summed E-state index contributed by atoms with van der Waals surface area (Å²) in [5.41, 5.74) is 12.8. The van der Waals surface area contributed by atoms with Gasteiger partial charge in [0.05, 0.1) is 22.8 Å². The Bertz CT molecular complexity index is 1900. The zero-order valence-corrected chi connectivity index (χ0v) is 27.1. The molecule has 2 aliphatic heterocycles. The fraction of sp³-hybridized carbons (Fsp3) is 0.294. The van der Waals surface area contributed by atoms with Crippen molar-refractivity contribution < 1.29 is 36.9 Å². The molecule has 44 heavy (non-hydrogen) atoms. The van der Waals surface area contributed by atoms with Crippen LogP contribution in [0.1, 0.15) is 89.8 Å². The first-order valence-corrected chi connectivity index (χ1v) is 14.7. The fourth-order valence-corrected chi connectivity index (χ4v) is 6.19. The van der Waals surface area contributed by atoms with Gasteiger partial charge >= 0.3 is 29.0 Å². The van der Waals surface area contributed by atoms with Gasteiger partial charge in [-0.2, -0.15) is 6.42 Å². The van der Waals surface area contributed by atoms with Crippen LogP contribution in [0.25, 0.3) is 44.4 Å². The van der Waals surface area contributed by atoms with Gasteiger partial charge in [-0.25, -0.2) is 22.6 Å². The van der Waals surface area contributed by atoms with E-state index in [4.69, 9.17) is 19.9 Å². The first-order chi connectivity index (χ1) is 20.4. The number of aryl methyl sites for hydroxylation is 3. The van der Waals surface area contributed by atoms with E-state index in [-0.39, 0.29) is 41.6 Å². The van der Waals surface area contributed by atoms with Crippen molar-refractivity contribution >= 4 is 68.9 Å². The second kappa shape index (κ2) is 13.2. The van der Waals surface area contributed by atoms with E-state index in [9.17, 15) is 19.8 Å². The van der Waals surface area contributed by atoms with E-state index in [0.717, 1.165) is 61.5 Å². The number of carboxylic acid groups (broad SMARTS) is 2.